The van der Waals surface area contributed by atoms with Crippen LogP contribution in [0.5, 0.6) is 0 Å². The quantitative estimate of drug-likeness (QED) is 0.123. The minimum Gasteiger partial charge on any atom is -0.288 e. The molecule has 2 heterocycles. The van der Waals surface area contributed by atoms with E-state index < -0.39 is 0 Å². The maximum Gasteiger partial charge on any atom is 0.198 e. The Morgan fingerprint density at radius 3 is 1.88 bits per heavy atom. The van der Waals surface area contributed by atoms with Gasteiger partial charge < -0.3 is 0 Å². The molecule has 7 aromatic rings. The topological polar surface area (TPSA) is 50.3 Å². The van der Waals surface area contributed by atoms with E-state index in [0.29, 0.717) is 11.1 Å². The van der Waals surface area contributed by atoms with Gasteiger partial charge in [0.25, 0.3) is 0 Å². The first-order valence-corrected chi connectivity index (χ1v) is 14.5. The normalized spacial score (nSPS) is 12.8. The summed E-state index contributed by atoms with van der Waals surface area (Å²) >= 11 is 1.52. The van der Waals surface area contributed by atoms with Crippen LogP contribution in [0, 0.1) is 0 Å². The first kappa shape index (κ1) is 24.4. The van der Waals surface area contributed by atoms with Crippen LogP contribution in [-0.2, 0) is 0 Å². The lowest BCUT2D eigenvalue weighted by atomic mass is 9.93. The van der Waals surface area contributed by atoms with Gasteiger partial charge in [0.2, 0.25) is 0 Å². The zero-order chi connectivity index (χ0) is 28.2. The van der Waals surface area contributed by atoms with Crippen LogP contribution in [0.1, 0.15) is 25.6 Å². The number of hydrogen-bond acceptors (Lipinski definition) is 5. The van der Waals surface area contributed by atoms with Crippen molar-refractivity contribution in [1.82, 2.24) is 4.98 Å². The fraction of sp³-hybridized carbons (Fsp3) is 0. The summed E-state index contributed by atoms with van der Waals surface area (Å²) in [6, 6.07) is 40.1. The standard InChI is InChI=1S/C37H22N2O2S/c40-36-31(37(41)35-30-14-6-4-12-28(30)27-11-3-5-13-29(27)34(35)36)22-26-18-19-33(42-26)39(32-15-7-8-20-38-32)25-17-16-23-9-1-2-10-24(23)21-25/h1-22H. The van der Waals surface area contributed by atoms with Crippen molar-refractivity contribution in [3.8, 4) is 0 Å². The number of carbonyl (C=O) groups is 2. The Bertz CT molecular complexity index is 2170. The molecule has 0 N–H and O–H groups in total. The number of nitrogens with zero attached hydrogens (tertiary/aromatic N) is 2. The van der Waals surface area contributed by atoms with Crippen molar-refractivity contribution in [3.05, 3.63) is 149 Å². The molecule has 8 rings (SSSR count). The number of rotatable bonds is 4. The molecule has 0 unspecified atom stereocenters. The number of aromatic nitrogens is 1. The van der Waals surface area contributed by atoms with Crippen molar-refractivity contribution in [3.63, 3.8) is 0 Å². The number of allylic oxidation sites excluding steroid dienone is 1. The number of ketones is 2. The van der Waals surface area contributed by atoms with E-state index >= 15 is 0 Å². The highest BCUT2D eigenvalue weighted by Crippen LogP contribution is 2.42. The number of fused-ring (bicyclic) bond motifs is 7. The maximum absolute atomic E-state index is 13.9. The van der Waals surface area contributed by atoms with Gasteiger partial charge in [0, 0.05) is 27.9 Å². The van der Waals surface area contributed by atoms with Crippen LogP contribution in [0.3, 0.4) is 0 Å². The second-order valence-electron chi connectivity index (χ2n) is 10.3. The number of anilines is 3. The average molecular weight is 559 g/mol. The molecule has 42 heavy (non-hydrogen) atoms. The number of carbonyl (C=O) groups excluding carboxylic acids is 2. The molecule has 0 spiro atoms. The highest BCUT2D eigenvalue weighted by molar-refractivity contribution is 7.17. The fourth-order valence-electron chi connectivity index (χ4n) is 5.97. The van der Waals surface area contributed by atoms with Crippen LogP contribution >= 0.6 is 11.3 Å². The largest absolute Gasteiger partial charge is 0.288 e. The smallest absolute Gasteiger partial charge is 0.198 e. The SMILES string of the molecule is O=C1C(=Cc2ccc(N(c3ccc4ccccc4c3)c3ccccn3)s2)C(=O)c2c1c1ccccc1c1ccccc21. The van der Waals surface area contributed by atoms with Crippen molar-refractivity contribution in [2.24, 2.45) is 0 Å². The van der Waals surface area contributed by atoms with E-state index in [2.05, 4.69) is 40.2 Å². The average Bonchev–Trinajstić information content (AvgIpc) is 3.60. The van der Waals surface area contributed by atoms with Gasteiger partial charge in [-0.1, -0.05) is 84.9 Å². The van der Waals surface area contributed by atoms with E-state index in [-0.39, 0.29) is 17.1 Å². The molecule has 0 fully saturated rings. The zero-order valence-electron chi connectivity index (χ0n) is 22.3. The molecule has 0 saturated carbocycles. The summed E-state index contributed by atoms with van der Waals surface area (Å²) in [5.41, 5.74) is 2.19. The van der Waals surface area contributed by atoms with E-state index in [4.69, 9.17) is 0 Å². The van der Waals surface area contributed by atoms with E-state index in [1.54, 1.807) is 12.3 Å². The van der Waals surface area contributed by atoms with Gasteiger partial charge in [-0.25, -0.2) is 4.98 Å². The van der Waals surface area contributed by atoms with Crippen molar-refractivity contribution in [1.29, 1.82) is 0 Å². The number of thiophene rings is 1. The summed E-state index contributed by atoms with van der Waals surface area (Å²) in [7, 11) is 0. The molecule has 0 radical (unpaired) electrons. The van der Waals surface area contributed by atoms with Crippen molar-refractivity contribution in [2.75, 3.05) is 4.90 Å². The Kier molecular flexibility index (Phi) is 5.59. The lowest BCUT2D eigenvalue weighted by Gasteiger charge is -2.22. The van der Waals surface area contributed by atoms with Crippen molar-refractivity contribution < 1.29 is 9.59 Å². The molecule has 5 heteroatoms. The molecule has 198 valence electrons. The summed E-state index contributed by atoms with van der Waals surface area (Å²) in [6.45, 7) is 0. The van der Waals surface area contributed by atoms with Gasteiger partial charge in [-0.2, -0.15) is 0 Å². The van der Waals surface area contributed by atoms with Crippen LogP contribution in [0.2, 0.25) is 0 Å². The minimum absolute atomic E-state index is 0.204. The molecule has 0 atom stereocenters. The van der Waals surface area contributed by atoms with Crippen LogP contribution < -0.4 is 4.90 Å². The minimum atomic E-state index is -0.219. The predicted molar refractivity (Wildman–Crippen MR) is 172 cm³/mol. The lowest BCUT2D eigenvalue weighted by molar-refractivity contribution is 0.0991. The number of hydrogen-bond donors (Lipinski definition) is 0. The molecule has 1 aliphatic carbocycles. The number of Topliss-reactive ketones (excluding diaryl/α,β-unsaturated/α-hetero) is 2. The third-order valence-electron chi connectivity index (χ3n) is 7.87. The van der Waals surface area contributed by atoms with E-state index in [0.717, 1.165) is 53.7 Å². The highest BCUT2D eigenvalue weighted by Gasteiger charge is 2.36. The first-order valence-electron chi connectivity index (χ1n) is 13.7. The summed E-state index contributed by atoms with van der Waals surface area (Å²) in [5, 5.41) is 6.83. The van der Waals surface area contributed by atoms with Gasteiger partial charge >= 0.3 is 0 Å². The molecule has 0 amide bonds. The van der Waals surface area contributed by atoms with Crippen LogP contribution in [-0.4, -0.2) is 16.6 Å². The van der Waals surface area contributed by atoms with Gasteiger partial charge in [-0.05, 0) is 74.8 Å². The zero-order valence-corrected chi connectivity index (χ0v) is 23.1. The lowest BCUT2D eigenvalue weighted by Crippen LogP contribution is -2.09. The van der Waals surface area contributed by atoms with Crippen LogP contribution in [0.4, 0.5) is 16.5 Å². The molecule has 0 bridgehead atoms. The maximum atomic E-state index is 13.9. The Balaban J connectivity index is 1.24. The third kappa shape index (κ3) is 3.79. The molecule has 5 aromatic carbocycles. The van der Waals surface area contributed by atoms with Crippen molar-refractivity contribution >= 4 is 77.8 Å². The summed E-state index contributed by atoms with van der Waals surface area (Å²) in [4.78, 5) is 35.3. The van der Waals surface area contributed by atoms with Gasteiger partial charge in [0.05, 0.1) is 5.57 Å². The first-order chi connectivity index (χ1) is 20.7. The number of pyridine rings is 1. The fourth-order valence-corrected chi connectivity index (χ4v) is 6.95. The van der Waals surface area contributed by atoms with E-state index in [9.17, 15) is 9.59 Å². The summed E-state index contributed by atoms with van der Waals surface area (Å²) in [6.07, 6.45) is 3.53. The van der Waals surface area contributed by atoms with Crippen LogP contribution in [0.15, 0.2) is 133 Å². The summed E-state index contributed by atoms with van der Waals surface area (Å²) in [5.74, 6) is 0.346. The molecular weight excluding hydrogens is 536 g/mol. The Hall–Kier alpha value is -5.39. The van der Waals surface area contributed by atoms with Gasteiger partial charge in [-0.15, -0.1) is 11.3 Å². The van der Waals surface area contributed by atoms with Gasteiger partial charge in [0.15, 0.2) is 11.6 Å². The monoisotopic (exact) mass is 558 g/mol. The van der Waals surface area contributed by atoms with Crippen LogP contribution in [0.25, 0.3) is 38.4 Å². The van der Waals surface area contributed by atoms with E-state index in [1.165, 1.54) is 11.3 Å². The second kappa shape index (κ2) is 9.61. The van der Waals surface area contributed by atoms with Gasteiger partial charge in [0.1, 0.15) is 10.8 Å². The molecule has 2 aromatic heterocycles. The second-order valence-corrected chi connectivity index (χ2v) is 11.4. The predicted octanol–water partition coefficient (Wildman–Crippen LogP) is 9.54. The summed E-state index contributed by atoms with van der Waals surface area (Å²) < 4.78 is 0. The highest BCUT2D eigenvalue weighted by atomic mass is 32.1. The molecule has 0 aliphatic heterocycles. The third-order valence-corrected chi connectivity index (χ3v) is 8.88. The van der Waals surface area contributed by atoms with E-state index in [1.807, 2.05) is 91.0 Å². The molecule has 4 nitrogen and oxygen atoms in total. The van der Waals surface area contributed by atoms with Gasteiger partial charge in [-0.3, -0.25) is 14.5 Å². The Morgan fingerprint density at radius 1 is 0.595 bits per heavy atom. The Morgan fingerprint density at radius 2 is 1.21 bits per heavy atom. The number of benzene rings is 5. The molecular formula is C37H22N2O2S. The van der Waals surface area contributed by atoms with Crippen molar-refractivity contribution in [2.45, 2.75) is 0 Å². The molecule has 0 saturated heterocycles. The molecule has 1 aliphatic rings. The Labute approximate surface area is 245 Å².